The van der Waals surface area contributed by atoms with E-state index >= 15 is 0 Å². The standard InChI is InChI=1S/C15H12F3NO3S/c1-2-22-15(20)9-6-7-10(16)13(8-9)19-23(21)14-11(17)4-3-5-12(14)18/h3-8,19H,2H2,1H3. The molecule has 0 heterocycles. The van der Waals surface area contributed by atoms with Crippen LogP contribution in [0.4, 0.5) is 18.9 Å². The fourth-order valence-corrected chi connectivity index (χ4v) is 2.70. The highest BCUT2D eigenvalue weighted by Crippen LogP contribution is 2.22. The third kappa shape index (κ3) is 3.89. The summed E-state index contributed by atoms with van der Waals surface area (Å²) < 4.78 is 59.9. The van der Waals surface area contributed by atoms with E-state index in [0.29, 0.717) is 0 Å². The third-order valence-electron chi connectivity index (χ3n) is 2.78. The molecule has 1 atom stereocenters. The van der Waals surface area contributed by atoms with Crippen molar-refractivity contribution in [1.82, 2.24) is 0 Å². The second-order valence-corrected chi connectivity index (χ2v) is 5.49. The van der Waals surface area contributed by atoms with Crippen molar-refractivity contribution in [3.05, 3.63) is 59.4 Å². The Bertz CT molecular complexity index is 747. The zero-order chi connectivity index (χ0) is 17.0. The van der Waals surface area contributed by atoms with Crippen LogP contribution >= 0.6 is 0 Å². The molecule has 2 aromatic rings. The Morgan fingerprint density at radius 2 is 1.78 bits per heavy atom. The average molecular weight is 343 g/mol. The van der Waals surface area contributed by atoms with E-state index < -0.39 is 39.3 Å². The molecular weight excluding hydrogens is 331 g/mol. The van der Waals surface area contributed by atoms with Gasteiger partial charge in [-0.3, -0.25) is 4.72 Å². The highest BCUT2D eigenvalue weighted by molar-refractivity contribution is 7.86. The summed E-state index contributed by atoms with van der Waals surface area (Å²) in [7, 11) is -2.39. The lowest BCUT2D eigenvalue weighted by molar-refractivity contribution is 0.0526. The molecule has 0 aliphatic rings. The van der Waals surface area contributed by atoms with E-state index in [2.05, 4.69) is 4.72 Å². The number of carbonyl (C=O) groups is 1. The van der Waals surface area contributed by atoms with Crippen molar-refractivity contribution in [2.75, 3.05) is 11.3 Å². The first-order chi connectivity index (χ1) is 10.9. The van der Waals surface area contributed by atoms with Crippen molar-refractivity contribution in [1.29, 1.82) is 0 Å². The Balaban J connectivity index is 2.31. The van der Waals surface area contributed by atoms with E-state index in [4.69, 9.17) is 4.74 Å². The van der Waals surface area contributed by atoms with Gasteiger partial charge in [0.1, 0.15) is 22.3 Å². The third-order valence-corrected chi connectivity index (χ3v) is 3.95. The fourth-order valence-electron chi connectivity index (χ4n) is 1.76. The molecule has 2 rings (SSSR count). The minimum absolute atomic E-state index is 0.0155. The van der Waals surface area contributed by atoms with Gasteiger partial charge in [0.15, 0.2) is 11.0 Å². The maximum absolute atomic E-state index is 13.8. The van der Waals surface area contributed by atoms with E-state index in [1.54, 1.807) is 6.92 Å². The van der Waals surface area contributed by atoms with Crippen molar-refractivity contribution >= 4 is 22.6 Å². The maximum atomic E-state index is 13.8. The summed E-state index contributed by atoms with van der Waals surface area (Å²) in [6, 6.07) is 6.19. The molecule has 0 spiro atoms. The number of esters is 1. The minimum atomic E-state index is -2.39. The Labute approximate surface area is 132 Å². The van der Waals surface area contributed by atoms with Gasteiger partial charge in [-0.1, -0.05) is 6.07 Å². The normalized spacial score (nSPS) is 11.8. The molecule has 0 amide bonds. The molecule has 122 valence electrons. The second-order valence-electron chi connectivity index (χ2n) is 4.34. The number of benzene rings is 2. The molecule has 2 aromatic carbocycles. The van der Waals surface area contributed by atoms with Crippen LogP contribution in [0.3, 0.4) is 0 Å². The molecule has 0 saturated heterocycles. The number of anilines is 1. The monoisotopic (exact) mass is 343 g/mol. The molecular formula is C15H12F3NO3S. The number of halogens is 3. The summed E-state index contributed by atoms with van der Waals surface area (Å²) in [4.78, 5) is 10.9. The summed E-state index contributed by atoms with van der Waals surface area (Å²) in [5.74, 6) is -3.59. The van der Waals surface area contributed by atoms with Crippen LogP contribution in [0.25, 0.3) is 0 Å². The van der Waals surface area contributed by atoms with Crippen LogP contribution in [0, 0.1) is 17.5 Å². The van der Waals surface area contributed by atoms with Crippen molar-refractivity contribution in [3.63, 3.8) is 0 Å². The highest BCUT2D eigenvalue weighted by Gasteiger charge is 2.18. The van der Waals surface area contributed by atoms with Gasteiger partial charge in [0.2, 0.25) is 0 Å². The summed E-state index contributed by atoms with van der Waals surface area (Å²) >= 11 is 0. The van der Waals surface area contributed by atoms with Crippen LogP contribution in [0.15, 0.2) is 41.3 Å². The number of nitrogens with one attached hydrogen (secondary N) is 1. The van der Waals surface area contributed by atoms with Crippen LogP contribution < -0.4 is 4.72 Å². The number of ether oxygens (including phenoxy) is 1. The fraction of sp³-hybridized carbons (Fsp3) is 0.133. The van der Waals surface area contributed by atoms with Crippen molar-refractivity contribution in [2.24, 2.45) is 0 Å². The van der Waals surface area contributed by atoms with Crippen LogP contribution in [-0.2, 0) is 15.7 Å². The molecule has 0 aliphatic carbocycles. The number of rotatable bonds is 5. The number of hydrogen-bond acceptors (Lipinski definition) is 3. The van der Waals surface area contributed by atoms with Crippen molar-refractivity contribution in [3.8, 4) is 0 Å². The van der Waals surface area contributed by atoms with Gasteiger partial charge in [-0.25, -0.2) is 22.2 Å². The molecule has 0 radical (unpaired) electrons. The Hall–Kier alpha value is -2.35. The van der Waals surface area contributed by atoms with E-state index in [-0.39, 0.29) is 17.9 Å². The van der Waals surface area contributed by atoms with Gasteiger partial charge in [-0.2, -0.15) is 0 Å². The lowest BCUT2D eigenvalue weighted by atomic mass is 10.2. The molecule has 0 bridgehead atoms. The van der Waals surface area contributed by atoms with E-state index in [0.717, 1.165) is 30.3 Å². The van der Waals surface area contributed by atoms with Gasteiger partial charge < -0.3 is 4.74 Å². The van der Waals surface area contributed by atoms with Crippen molar-refractivity contribution in [2.45, 2.75) is 11.8 Å². The zero-order valence-electron chi connectivity index (χ0n) is 11.9. The first-order valence-electron chi connectivity index (χ1n) is 6.53. The van der Waals surface area contributed by atoms with E-state index in [9.17, 15) is 22.2 Å². The first-order valence-corrected chi connectivity index (χ1v) is 7.68. The Morgan fingerprint density at radius 3 is 2.39 bits per heavy atom. The van der Waals surface area contributed by atoms with Crippen LogP contribution in [-0.4, -0.2) is 16.8 Å². The van der Waals surface area contributed by atoms with Gasteiger partial charge in [-0.15, -0.1) is 0 Å². The highest BCUT2D eigenvalue weighted by atomic mass is 32.2. The summed E-state index contributed by atoms with van der Waals surface area (Å²) in [5.41, 5.74) is -0.321. The topological polar surface area (TPSA) is 55.4 Å². The zero-order valence-corrected chi connectivity index (χ0v) is 12.8. The smallest absolute Gasteiger partial charge is 0.338 e. The second kappa shape index (κ2) is 7.28. The van der Waals surface area contributed by atoms with Crippen LogP contribution in [0.1, 0.15) is 17.3 Å². The first kappa shape index (κ1) is 17.0. The average Bonchev–Trinajstić information content (AvgIpc) is 2.49. The molecule has 8 heteroatoms. The van der Waals surface area contributed by atoms with E-state index in [1.165, 1.54) is 6.07 Å². The quantitative estimate of drug-likeness (QED) is 0.847. The maximum Gasteiger partial charge on any atom is 0.338 e. The summed E-state index contributed by atoms with van der Waals surface area (Å²) in [6.45, 7) is 1.74. The SMILES string of the molecule is CCOC(=O)c1ccc(F)c(NS(=O)c2c(F)cccc2F)c1. The van der Waals surface area contributed by atoms with Gasteiger partial charge in [0.25, 0.3) is 0 Å². The van der Waals surface area contributed by atoms with Gasteiger partial charge >= 0.3 is 5.97 Å². The summed E-state index contributed by atoms with van der Waals surface area (Å²) in [6.07, 6.45) is 0. The van der Waals surface area contributed by atoms with Gasteiger partial charge in [-0.05, 0) is 37.3 Å². The van der Waals surface area contributed by atoms with E-state index in [1.807, 2.05) is 0 Å². The molecule has 4 nitrogen and oxygen atoms in total. The molecule has 0 aromatic heterocycles. The molecule has 1 N–H and O–H groups in total. The largest absolute Gasteiger partial charge is 0.462 e. The molecule has 0 saturated carbocycles. The molecule has 0 fully saturated rings. The Morgan fingerprint density at radius 1 is 1.13 bits per heavy atom. The molecule has 1 unspecified atom stereocenters. The molecule has 23 heavy (non-hydrogen) atoms. The van der Waals surface area contributed by atoms with Gasteiger partial charge in [0, 0.05) is 0 Å². The predicted octanol–water partition coefficient (Wildman–Crippen LogP) is 3.42. The lowest BCUT2D eigenvalue weighted by Gasteiger charge is -2.10. The number of carbonyl (C=O) groups excluding carboxylic acids is 1. The van der Waals surface area contributed by atoms with Crippen molar-refractivity contribution < 1.29 is 26.9 Å². The Kier molecular flexibility index (Phi) is 5.38. The van der Waals surface area contributed by atoms with Gasteiger partial charge in [0.05, 0.1) is 17.9 Å². The molecule has 0 aliphatic heterocycles. The van der Waals surface area contributed by atoms with Crippen LogP contribution in [0.2, 0.25) is 0 Å². The predicted molar refractivity (Wildman–Crippen MR) is 78.7 cm³/mol. The summed E-state index contributed by atoms with van der Waals surface area (Å²) in [5, 5.41) is 0. The lowest BCUT2D eigenvalue weighted by Crippen LogP contribution is -2.11. The minimum Gasteiger partial charge on any atom is -0.462 e. The van der Waals surface area contributed by atoms with Crippen LogP contribution in [0.5, 0.6) is 0 Å². The number of hydrogen-bond donors (Lipinski definition) is 1.